The van der Waals surface area contributed by atoms with E-state index in [1.165, 1.54) is 0 Å². The molecule has 3 aromatic rings. The van der Waals surface area contributed by atoms with Crippen LogP contribution in [0.15, 0.2) is 66.7 Å². The van der Waals surface area contributed by atoms with Crippen LogP contribution in [0.25, 0.3) is 22.2 Å². The Bertz CT molecular complexity index is 2210. The molecule has 0 unspecified atom stereocenters. The summed E-state index contributed by atoms with van der Waals surface area (Å²) in [7, 11) is -2.27. The van der Waals surface area contributed by atoms with Crippen molar-refractivity contribution in [3.8, 4) is 22.8 Å². The minimum atomic E-state index is -3.86. The standard InChI is InChI=1S/C44H52N4O9S/c1-56-32-14-17-35-37(21-32)45-36(28-10-7-5-8-11-28)23-40(35)57-33-22-38-39(50)25-44(43(53)46-58(54,55)34-15-16-34)24-30(44)13-9-4-2-3-6-12-29(42(52)48(38)27-33)20-41(51)47-19-18-31(49)26-47/h5,7-11,13-14,17,21,23,29-31,33-34,38,49H,2-4,6,12,15-16,18-20,22,24-27H2,1H3,(H,46,53)/b13-9-/t29-,30-,31+,33-,38+,44-/m1/s1. The van der Waals surface area contributed by atoms with E-state index in [2.05, 4.69) is 4.72 Å². The summed E-state index contributed by atoms with van der Waals surface area (Å²) in [6.45, 7) is 0.722. The third kappa shape index (κ3) is 8.49. The maximum absolute atomic E-state index is 14.8. The molecule has 308 valence electrons. The van der Waals surface area contributed by atoms with Gasteiger partial charge in [-0.15, -0.1) is 0 Å². The average Bonchev–Trinajstić information content (AvgIpc) is 4.11. The first-order valence-electron chi connectivity index (χ1n) is 20.7. The molecule has 6 atom stereocenters. The maximum Gasteiger partial charge on any atom is 0.240 e. The molecule has 4 heterocycles. The number of Topliss-reactive ketones (excluding diaryl/α,β-unsaturated/α-hetero) is 1. The second-order valence-electron chi connectivity index (χ2n) is 16.8. The minimum Gasteiger partial charge on any atom is -0.497 e. The monoisotopic (exact) mass is 812 g/mol. The number of aliphatic hydroxyl groups excluding tert-OH is 1. The van der Waals surface area contributed by atoms with Crippen LogP contribution in [0.1, 0.15) is 77.0 Å². The van der Waals surface area contributed by atoms with E-state index in [0.29, 0.717) is 67.8 Å². The number of β-amino-alcohol motifs (C(OH)–C–C–N with tert-alkyl or cyclic N) is 1. The Labute approximate surface area is 339 Å². The number of likely N-dealkylation sites (tertiary alicyclic amines) is 1. The number of pyridine rings is 1. The Kier molecular flexibility index (Phi) is 11.3. The number of nitrogens with zero attached hydrogens (tertiary/aromatic N) is 3. The van der Waals surface area contributed by atoms with Crippen molar-refractivity contribution in [1.29, 1.82) is 0 Å². The first kappa shape index (κ1) is 40.0. The van der Waals surface area contributed by atoms with Gasteiger partial charge in [-0.2, -0.15) is 0 Å². The summed E-state index contributed by atoms with van der Waals surface area (Å²) in [6.07, 6.45) is 7.95. The van der Waals surface area contributed by atoms with E-state index >= 15 is 0 Å². The summed E-state index contributed by atoms with van der Waals surface area (Å²) < 4.78 is 40.5. The van der Waals surface area contributed by atoms with Crippen molar-refractivity contribution in [3.63, 3.8) is 0 Å². The maximum atomic E-state index is 14.8. The lowest BCUT2D eigenvalue weighted by atomic mass is 9.90. The zero-order valence-corrected chi connectivity index (χ0v) is 33.7. The highest BCUT2D eigenvalue weighted by Gasteiger charge is 2.61. The van der Waals surface area contributed by atoms with E-state index in [4.69, 9.17) is 14.5 Å². The SMILES string of the molecule is COc1ccc2c(O[C@@H]3C[C@H]4C(=O)C[C@]5(C(=O)NS(=O)(=O)C6CC6)C[C@H]5/C=C\CCCCC[C@H](CC(=O)N5CC[C@H](O)C5)C(=O)N4C3)cc(-c3ccccc3)nc2c1. The van der Waals surface area contributed by atoms with Crippen LogP contribution in [-0.2, 0) is 29.2 Å². The number of sulfonamides is 1. The van der Waals surface area contributed by atoms with Crippen molar-refractivity contribution < 1.29 is 42.2 Å². The van der Waals surface area contributed by atoms with Gasteiger partial charge in [0.05, 0.1) is 47.7 Å². The molecule has 3 amide bonds. The lowest BCUT2D eigenvalue weighted by Gasteiger charge is -2.29. The number of rotatable bonds is 9. The molecule has 2 aliphatic carbocycles. The van der Waals surface area contributed by atoms with Gasteiger partial charge in [0.1, 0.15) is 17.6 Å². The van der Waals surface area contributed by atoms with Crippen molar-refractivity contribution in [1.82, 2.24) is 19.5 Å². The highest BCUT2D eigenvalue weighted by Crippen LogP contribution is 2.57. The number of allylic oxidation sites excluding steroid dienone is 2. The fourth-order valence-corrected chi connectivity index (χ4v) is 10.4. The van der Waals surface area contributed by atoms with Crippen LogP contribution < -0.4 is 14.2 Å². The van der Waals surface area contributed by atoms with Gasteiger partial charge in [-0.3, -0.25) is 23.9 Å². The molecule has 2 N–H and O–H groups in total. The lowest BCUT2D eigenvalue weighted by Crippen LogP contribution is -2.47. The van der Waals surface area contributed by atoms with Crippen molar-refractivity contribution in [3.05, 3.63) is 66.7 Å². The minimum absolute atomic E-state index is 0.0426. The molecule has 1 aromatic heterocycles. The fraction of sp³-hybridized carbons (Fsp3) is 0.523. The van der Waals surface area contributed by atoms with Gasteiger partial charge in [0, 0.05) is 61.4 Å². The number of benzene rings is 2. The molecule has 14 heteroatoms. The predicted molar refractivity (Wildman–Crippen MR) is 216 cm³/mol. The number of methoxy groups -OCH3 is 1. The first-order chi connectivity index (χ1) is 27.9. The second kappa shape index (κ2) is 16.4. The van der Waals surface area contributed by atoms with E-state index in [1.807, 2.05) is 66.7 Å². The topological polar surface area (TPSA) is 173 Å². The predicted octanol–water partition coefficient (Wildman–Crippen LogP) is 4.95. The Morgan fingerprint density at radius 2 is 1.81 bits per heavy atom. The number of aliphatic hydroxyl groups is 1. The van der Waals surface area contributed by atoms with Gasteiger partial charge in [0.15, 0.2) is 5.78 Å². The van der Waals surface area contributed by atoms with Crippen molar-refractivity contribution in [2.45, 2.75) is 101 Å². The van der Waals surface area contributed by atoms with Crippen LogP contribution in [0.2, 0.25) is 0 Å². The molecular formula is C44H52N4O9S. The molecular weight excluding hydrogens is 761 g/mol. The molecule has 8 rings (SSSR count). The first-order valence-corrected chi connectivity index (χ1v) is 22.2. The Morgan fingerprint density at radius 3 is 2.55 bits per heavy atom. The molecule has 5 aliphatic rings. The van der Waals surface area contributed by atoms with Crippen LogP contribution in [-0.4, -0.2) is 102 Å². The quantitative estimate of drug-likeness (QED) is 0.282. The van der Waals surface area contributed by atoms with Crippen LogP contribution in [0.3, 0.4) is 0 Å². The third-order valence-corrected chi connectivity index (χ3v) is 14.4. The number of fused-ring (bicyclic) bond motifs is 3. The molecule has 0 spiro atoms. The molecule has 4 fully saturated rings. The Balaban J connectivity index is 1.12. The van der Waals surface area contributed by atoms with E-state index < -0.39 is 50.8 Å². The van der Waals surface area contributed by atoms with E-state index in [9.17, 15) is 32.7 Å². The van der Waals surface area contributed by atoms with Crippen LogP contribution >= 0.6 is 0 Å². The van der Waals surface area contributed by atoms with Crippen LogP contribution in [0.5, 0.6) is 11.5 Å². The average molecular weight is 813 g/mol. The van der Waals surface area contributed by atoms with Gasteiger partial charge in [-0.25, -0.2) is 13.4 Å². The third-order valence-electron chi connectivity index (χ3n) is 12.6. The molecule has 2 saturated carbocycles. The van der Waals surface area contributed by atoms with E-state index in [0.717, 1.165) is 30.2 Å². The fourth-order valence-electron chi connectivity index (χ4n) is 8.97. The van der Waals surface area contributed by atoms with Crippen LogP contribution in [0.4, 0.5) is 0 Å². The highest BCUT2D eigenvalue weighted by molar-refractivity contribution is 7.90. The van der Waals surface area contributed by atoms with E-state index in [-0.39, 0.29) is 55.9 Å². The molecule has 13 nitrogen and oxygen atoms in total. The van der Waals surface area contributed by atoms with Crippen LogP contribution in [0, 0.1) is 17.3 Å². The highest BCUT2D eigenvalue weighted by atomic mass is 32.2. The van der Waals surface area contributed by atoms with Crippen molar-refractivity contribution in [2.24, 2.45) is 17.3 Å². The molecule has 0 radical (unpaired) electrons. The van der Waals surface area contributed by atoms with Gasteiger partial charge in [0.2, 0.25) is 27.7 Å². The summed E-state index contributed by atoms with van der Waals surface area (Å²) in [5, 5.41) is 10.3. The number of aromatic nitrogens is 1. The molecule has 2 aromatic carbocycles. The summed E-state index contributed by atoms with van der Waals surface area (Å²) >= 11 is 0. The molecule has 2 saturated heterocycles. The van der Waals surface area contributed by atoms with Gasteiger partial charge in [-0.1, -0.05) is 55.3 Å². The Morgan fingerprint density at radius 1 is 1.00 bits per heavy atom. The number of ether oxygens (including phenoxy) is 2. The van der Waals surface area contributed by atoms with Crippen molar-refractivity contribution in [2.75, 3.05) is 26.7 Å². The summed E-state index contributed by atoms with van der Waals surface area (Å²) in [4.78, 5) is 65.1. The second-order valence-corrected chi connectivity index (χ2v) is 18.7. The normalized spacial score (nSPS) is 28.6. The number of ketones is 1. The molecule has 0 bridgehead atoms. The number of carbonyl (C=O) groups is 4. The van der Waals surface area contributed by atoms with Gasteiger partial charge >= 0.3 is 0 Å². The number of hydrogen-bond donors (Lipinski definition) is 2. The number of amides is 3. The largest absolute Gasteiger partial charge is 0.497 e. The number of nitrogens with one attached hydrogen (secondary N) is 1. The van der Waals surface area contributed by atoms with Gasteiger partial charge in [-0.05, 0) is 63.0 Å². The Hall–Kier alpha value is -4.82. The summed E-state index contributed by atoms with van der Waals surface area (Å²) in [5.74, 6) is -1.40. The van der Waals surface area contributed by atoms with Gasteiger partial charge in [0.25, 0.3) is 0 Å². The number of hydrogen-bond acceptors (Lipinski definition) is 10. The zero-order valence-electron chi connectivity index (χ0n) is 32.9. The zero-order chi connectivity index (χ0) is 40.6. The van der Waals surface area contributed by atoms with Gasteiger partial charge < -0.3 is 24.4 Å². The smallest absolute Gasteiger partial charge is 0.240 e. The summed E-state index contributed by atoms with van der Waals surface area (Å²) in [5.41, 5.74) is 0.937. The lowest BCUT2D eigenvalue weighted by molar-refractivity contribution is -0.145. The molecule has 3 aliphatic heterocycles. The molecule has 58 heavy (non-hydrogen) atoms. The van der Waals surface area contributed by atoms with Crippen molar-refractivity contribution >= 4 is 44.4 Å². The summed E-state index contributed by atoms with van der Waals surface area (Å²) in [6, 6.07) is 16.1. The van der Waals surface area contributed by atoms with E-state index in [1.54, 1.807) is 16.9 Å². The number of carbonyl (C=O) groups excluding carboxylic acids is 4.